The lowest BCUT2D eigenvalue weighted by atomic mass is 10.2. The van der Waals surface area contributed by atoms with E-state index in [4.69, 9.17) is 9.47 Å². The molecule has 0 aromatic carbocycles. The van der Waals surface area contributed by atoms with Crippen molar-refractivity contribution in [2.75, 3.05) is 6.61 Å². The molecule has 3 heteroatoms. The van der Waals surface area contributed by atoms with Gasteiger partial charge in [-0.25, -0.2) is 0 Å². The molecule has 1 heterocycles. The highest BCUT2D eigenvalue weighted by molar-refractivity contribution is 4.83. The average molecular weight is 172 g/mol. The maximum Gasteiger partial charge on any atom is 0.163 e. The van der Waals surface area contributed by atoms with Crippen molar-refractivity contribution in [3.63, 3.8) is 0 Å². The summed E-state index contributed by atoms with van der Waals surface area (Å²) in [4.78, 5) is 0. The van der Waals surface area contributed by atoms with Gasteiger partial charge in [0.1, 0.15) is 0 Å². The van der Waals surface area contributed by atoms with Crippen molar-refractivity contribution < 1.29 is 14.6 Å². The molecule has 0 aliphatic carbocycles. The fourth-order valence-corrected chi connectivity index (χ4v) is 1.24. The second-order valence-electron chi connectivity index (χ2n) is 3.49. The van der Waals surface area contributed by atoms with Crippen LogP contribution >= 0.6 is 0 Å². The summed E-state index contributed by atoms with van der Waals surface area (Å²) in [5, 5.41) is 9.23. The molecule has 1 aliphatic heterocycles. The summed E-state index contributed by atoms with van der Waals surface area (Å²) in [6.45, 7) is 7.78. The van der Waals surface area contributed by atoms with Crippen LogP contribution in [0.15, 0.2) is 12.7 Å². The molecule has 0 aromatic rings. The zero-order valence-corrected chi connectivity index (χ0v) is 7.62. The Morgan fingerprint density at radius 3 is 2.83 bits per heavy atom. The predicted octanol–water partition coefficient (Wildman–Crippen LogP) is 1.07. The normalized spacial score (nSPS) is 30.1. The van der Waals surface area contributed by atoms with Gasteiger partial charge in [0.25, 0.3) is 0 Å². The minimum absolute atomic E-state index is 0.00648. The summed E-state index contributed by atoms with van der Waals surface area (Å²) in [6, 6.07) is 0. The van der Waals surface area contributed by atoms with Crippen molar-refractivity contribution in [2.24, 2.45) is 0 Å². The smallest absolute Gasteiger partial charge is 0.163 e. The molecule has 0 radical (unpaired) electrons. The van der Waals surface area contributed by atoms with Crippen LogP contribution in [0, 0.1) is 0 Å². The number of hydrogen-bond acceptors (Lipinski definition) is 3. The minimum Gasteiger partial charge on any atom is -0.389 e. The van der Waals surface area contributed by atoms with Crippen LogP contribution < -0.4 is 0 Å². The van der Waals surface area contributed by atoms with Gasteiger partial charge in [-0.15, -0.1) is 6.58 Å². The molecule has 0 amide bonds. The van der Waals surface area contributed by atoms with E-state index in [0.717, 1.165) is 0 Å². The fraction of sp³-hybridized carbons (Fsp3) is 0.778. The van der Waals surface area contributed by atoms with Gasteiger partial charge < -0.3 is 14.6 Å². The second-order valence-corrected chi connectivity index (χ2v) is 3.49. The van der Waals surface area contributed by atoms with E-state index in [9.17, 15) is 5.11 Å². The van der Waals surface area contributed by atoms with Crippen LogP contribution in [-0.2, 0) is 9.47 Å². The quantitative estimate of drug-likeness (QED) is 0.647. The fourth-order valence-electron chi connectivity index (χ4n) is 1.24. The van der Waals surface area contributed by atoms with Crippen molar-refractivity contribution in [3.8, 4) is 0 Å². The maximum absolute atomic E-state index is 9.23. The molecule has 2 unspecified atom stereocenters. The van der Waals surface area contributed by atoms with E-state index in [2.05, 4.69) is 6.58 Å². The number of ether oxygens (including phenoxy) is 2. The highest BCUT2D eigenvalue weighted by Gasteiger charge is 2.33. The number of aliphatic hydroxyl groups is 1. The lowest BCUT2D eigenvalue weighted by Gasteiger charge is -2.17. The van der Waals surface area contributed by atoms with Crippen LogP contribution in [0.25, 0.3) is 0 Å². The zero-order chi connectivity index (χ0) is 9.19. The third-order valence-corrected chi connectivity index (χ3v) is 1.84. The zero-order valence-electron chi connectivity index (χ0n) is 7.62. The van der Waals surface area contributed by atoms with Gasteiger partial charge in [0, 0.05) is 6.42 Å². The van der Waals surface area contributed by atoms with E-state index in [-0.39, 0.29) is 6.10 Å². The Kier molecular flexibility index (Phi) is 2.88. The van der Waals surface area contributed by atoms with Crippen LogP contribution in [0.4, 0.5) is 0 Å². The third-order valence-electron chi connectivity index (χ3n) is 1.84. The standard InChI is InChI=1S/C9H16O3/c1-4-7(10)5-8-6-11-9(2,3)12-8/h4,7-8,10H,1,5-6H2,2-3H3. The highest BCUT2D eigenvalue weighted by atomic mass is 16.7. The monoisotopic (exact) mass is 172 g/mol. The van der Waals surface area contributed by atoms with E-state index < -0.39 is 11.9 Å². The highest BCUT2D eigenvalue weighted by Crippen LogP contribution is 2.24. The Balaban J connectivity index is 2.33. The van der Waals surface area contributed by atoms with Gasteiger partial charge in [-0.05, 0) is 13.8 Å². The molecule has 0 spiro atoms. The molecule has 1 rings (SSSR count). The Bertz CT molecular complexity index is 165. The first-order chi connectivity index (χ1) is 5.53. The summed E-state index contributed by atoms with van der Waals surface area (Å²) in [6.07, 6.45) is 1.57. The third kappa shape index (κ3) is 2.59. The van der Waals surface area contributed by atoms with Crippen LogP contribution in [0.3, 0.4) is 0 Å². The van der Waals surface area contributed by atoms with Crippen LogP contribution in [0.5, 0.6) is 0 Å². The van der Waals surface area contributed by atoms with Crippen molar-refractivity contribution in [1.29, 1.82) is 0 Å². The first-order valence-electron chi connectivity index (χ1n) is 4.16. The molecule has 0 aromatic heterocycles. The van der Waals surface area contributed by atoms with E-state index in [1.54, 1.807) is 0 Å². The molecule has 1 fully saturated rings. The molecular weight excluding hydrogens is 156 g/mol. The first kappa shape index (κ1) is 9.71. The maximum atomic E-state index is 9.23. The Morgan fingerprint density at radius 2 is 2.42 bits per heavy atom. The molecule has 2 atom stereocenters. The molecule has 0 saturated carbocycles. The van der Waals surface area contributed by atoms with E-state index in [1.165, 1.54) is 6.08 Å². The van der Waals surface area contributed by atoms with Crippen molar-refractivity contribution >= 4 is 0 Å². The summed E-state index contributed by atoms with van der Waals surface area (Å²) in [7, 11) is 0. The van der Waals surface area contributed by atoms with Gasteiger partial charge in [0.2, 0.25) is 0 Å². The summed E-state index contributed by atoms with van der Waals surface area (Å²) in [5.74, 6) is -0.494. The lowest BCUT2D eigenvalue weighted by molar-refractivity contribution is -0.140. The molecule has 3 nitrogen and oxygen atoms in total. The second kappa shape index (κ2) is 3.56. The van der Waals surface area contributed by atoms with Gasteiger partial charge in [-0.2, -0.15) is 0 Å². The van der Waals surface area contributed by atoms with E-state index >= 15 is 0 Å². The average Bonchev–Trinajstić information content (AvgIpc) is 2.30. The Morgan fingerprint density at radius 1 is 1.75 bits per heavy atom. The first-order valence-corrected chi connectivity index (χ1v) is 4.16. The topological polar surface area (TPSA) is 38.7 Å². The van der Waals surface area contributed by atoms with Crippen LogP contribution in [-0.4, -0.2) is 29.7 Å². The van der Waals surface area contributed by atoms with Gasteiger partial charge in [-0.1, -0.05) is 6.08 Å². The van der Waals surface area contributed by atoms with Gasteiger partial charge in [0.05, 0.1) is 18.8 Å². The molecule has 0 bridgehead atoms. The number of aliphatic hydroxyl groups excluding tert-OH is 1. The van der Waals surface area contributed by atoms with Gasteiger partial charge in [-0.3, -0.25) is 0 Å². The summed E-state index contributed by atoms with van der Waals surface area (Å²) < 4.78 is 10.8. The largest absolute Gasteiger partial charge is 0.389 e. The van der Waals surface area contributed by atoms with Crippen molar-refractivity contribution in [1.82, 2.24) is 0 Å². The van der Waals surface area contributed by atoms with Gasteiger partial charge in [0.15, 0.2) is 5.79 Å². The molecule has 1 N–H and O–H groups in total. The molecule has 1 saturated heterocycles. The molecule has 70 valence electrons. The van der Waals surface area contributed by atoms with Crippen LogP contribution in [0.2, 0.25) is 0 Å². The van der Waals surface area contributed by atoms with Crippen LogP contribution in [0.1, 0.15) is 20.3 Å². The SMILES string of the molecule is C=CC(O)CC1COC(C)(C)O1. The van der Waals surface area contributed by atoms with Gasteiger partial charge >= 0.3 is 0 Å². The van der Waals surface area contributed by atoms with E-state index in [1.807, 2.05) is 13.8 Å². The number of rotatable bonds is 3. The molecule has 12 heavy (non-hydrogen) atoms. The summed E-state index contributed by atoms with van der Waals surface area (Å²) in [5.41, 5.74) is 0. The predicted molar refractivity (Wildman–Crippen MR) is 45.7 cm³/mol. The Labute approximate surface area is 73.0 Å². The molecule has 1 aliphatic rings. The lowest BCUT2D eigenvalue weighted by Crippen LogP contribution is -2.23. The number of hydrogen-bond donors (Lipinski definition) is 1. The van der Waals surface area contributed by atoms with E-state index in [0.29, 0.717) is 13.0 Å². The van der Waals surface area contributed by atoms with Crippen molar-refractivity contribution in [3.05, 3.63) is 12.7 Å². The molecular formula is C9H16O3. The Hall–Kier alpha value is -0.380. The summed E-state index contributed by atoms with van der Waals surface area (Å²) >= 11 is 0. The minimum atomic E-state index is -0.494. The van der Waals surface area contributed by atoms with Crippen molar-refractivity contribution in [2.45, 2.75) is 38.3 Å².